The molecular weight excluding hydrogens is 472 g/mol. The van der Waals surface area contributed by atoms with E-state index in [2.05, 4.69) is 14.8 Å². The van der Waals surface area contributed by atoms with Gasteiger partial charge in [0.1, 0.15) is 18.5 Å². The Hall–Kier alpha value is -2.08. The lowest BCUT2D eigenvalue weighted by Gasteiger charge is -2.35. The second-order valence-corrected chi connectivity index (χ2v) is 11.6. The zero-order valence-corrected chi connectivity index (χ0v) is 21.2. The largest absolute Gasteiger partial charge is 0.491 e. The molecule has 1 saturated heterocycles. The Labute approximate surface area is 205 Å². The molecule has 1 aliphatic heterocycles. The number of nitrogens with zero attached hydrogens (tertiary/aromatic N) is 3. The van der Waals surface area contributed by atoms with Crippen LogP contribution in [-0.2, 0) is 16.4 Å². The van der Waals surface area contributed by atoms with Gasteiger partial charge in [-0.3, -0.25) is 4.90 Å². The SMILES string of the molecule is Cc1nc2cc(OC[C@H](O)CN3CCN(CCc4c(C)cccc4S(N)(=O)=O)CC3)ccc2s1. The normalized spacial score (nSPS) is 16.7. The molecule has 184 valence electrons. The maximum absolute atomic E-state index is 11.9. The van der Waals surface area contributed by atoms with Crippen molar-refractivity contribution in [3.63, 3.8) is 0 Å². The van der Waals surface area contributed by atoms with E-state index in [0.717, 1.165) is 64.8 Å². The van der Waals surface area contributed by atoms with Crippen LogP contribution in [0.3, 0.4) is 0 Å². The first kappa shape index (κ1) is 25.0. The standard InChI is InChI=1S/C24H32N4O4S2/c1-17-4-3-5-24(34(25,30)31)21(17)8-9-27-10-12-28(13-11-27)15-19(29)16-32-20-6-7-23-22(14-20)26-18(2)33-23/h3-7,14,19,29H,8-13,15-16H2,1-2H3,(H2,25,30,31)/t19-/m1/s1. The van der Waals surface area contributed by atoms with Gasteiger partial charge >= 0.3 is 0 Å². The molecule has 2 aromatic carbocycles. The zero-order chi connectivity index (χ0) is 24.3. The van der Waals surface area contributed by atoms with Crippen molar-refractivity contribution in [2.24, 2.45) is 5.14 Å². The minimum absolute atomic E-state index is 0.221. The molecule has 0 radical (unpaired) electrons. The molecule has 0 aliphatic carbocycles. The fourth-order valence-electron chi connectivity index (χ4n) is 4.38. The van der Waals surface area contributed by atoms with Gasteiger partial charge in [-0.05, 0) is 49.6 Å². The Morgan fingerprint density at radius 3 is 2.62 bits per heavy atom. The summed E-state index contributed by atoms with van der Waals surface area (Å²) in [6.45, 7) is 8.88. The molecule has 0 amide bonds. The van der Waals surface area contributed by atoms with Gasteiger partial charge in [-0.25, -0.2) is 18.5 Å². The number of fused-ring (bicyclic) bond motifs is 1. The van der Waals surface area contributed by atoms with Gasteiger partial charge < -0.3 is 14.7 Å². The van der Waals surface area contributed by atoms with Crippen LogP contribution in [0.5, 0.6) is 5.75 Å². The van der Waals surface area contributed by atoms with Crippen LogP contribution in [0.15, 0.2) is 41.3 Å². The van der Waals surface area contributed by atoms with Gasteiger partial charge in [-0.15, -0.1) is 11.3 Å². The fraction of sp³-hybridized carbons (Fsp3) is 0.458. The molecule has 1 aliphatic rings. The highest BCUT2D eigenvalue weighted by Gasteiger charge is 2.21. The Morgan fingerprint density at radius 1 is 1.15 bits per heavy atom. The number of β-amino-alcohol motifs (C(OH)–C–C–N with tert-alkyl or cyclic N) is 1. The number of primary sulfonamides is 1. The Bertz CT molecular complexity index is 1240. The summed E-state index contributed by atoms with van der Waals surface area (Å²) in [7, 11) is -3.74. The lowest BCUT2D eigenvalue weighted by Crippen LogP contribution is -2.49. The molecule has 0 spiro atoms. The van der Waals surface area contributed by atoms with E-state index in [-0.39, 0.29) is 11.5 Å². The van der Waals surface area contributed by atoms with Gasteiger partial charge in [0.2, 0.25) is 10.0 Å². The van der Waals surface area contributed by atoms with Crippen molar-refractivity contribution in [3.05, 3.63) is 52.5 Å². The Kier molecular flexibility index (Phi) is 7.86. The van der Waals surface area contributed by atoms with Crippen LogP contribution >= 0.6 is 11.3 Å². The predicted molar refractivity (Wildman–Crippen MR) is 135 cm³/mol. The first-order valence-corrected chi connectivity index (χ1v) is 13.8. The lowest BCUT2D eigenvalue weighted by molar-refractivity contribution is 0.0463. The van der Waals surface area contributed by atoms with E-state index in [1.807, 2.05) is 38.1 Å². The number of piperazine rings is 1. The molecule has 0 saturated carbocycles. The lowest BCUT2D eigenvalue weighted by atomic mass is 10.1. The second-order valence-electron chi connectivity index (χ2n) is 8.82. The van der Waals surface area contributed by atoms with Gasteiger partial charge in [0.25, 0.3) is 0 Å². The number of hydrogen-bond donors (Lipinski definition) is 2. The topological polar surface area (TPSA) is 109 Å². The molecule has 1 aromatic heterocycles. The highest BCUT2D eigenvalue weighted by molar-refractivity contribution is 7.89. The molecule has 0 unspecified atom stereocenters. The minimum atomic E-state index is -3.74. The third-order valence-corrected chi connectivity index (χ3v) is 8.14. The molecule has 1 fully saturated rings. The zero-order valence-electron chi connectivity index (χ0n) is 19.6. The predicted octanol–water partition coefficient (Wildman–Crippen LogP) is 2.16. The number of thiazole rings is 1. The first-order valence-electron chi connectivity index (χ1n) is 11.4. The number of aromatic nitrogens is 1. The molecule has 8 nitrogen and oxygen atoms in total. The summed E-state index contributed by atoms with van der Waals surface area (Å²) in [4.78, 5) is 9.27. The van der Waals surface area contributed by atoms with E-state index in [1.54, 1.807) is 23.5 Å². The third kappa shape index (κ3) is 6.32. The van der Waals surface area contributed by atoms with Gasteiger partial charge in [0.05, 0.1) is 20.1 Å². The van der Waals surface area contributed by atoms with E-state index >= 15 is 0 Å². The van der Waals surface area contributed by atoms with Crippen molar-refractivity contribution in [3.8, 4) is 5.75 Å². The second kappa shape index (κ2) is 10.7. The van der Waals surface area contributed by atoms with Crippen LogP contribution in [0.2, 0.25) is 0 Å². The molecule has 2 heterocycles. The highest BCUT2D eigenvalue weighted by atomic mass is 32.2. The number of aliphatic hydroxyl groups is 1. The van der Waals surface area contributed by atoms with Crippen LogP contribution < -0.4 is 9.88 Å². The number of aliphatic hydroxyl groups excluding tert-OH is 1. The van der Waals surface area contributed by atoms with Crippen molar-refractivity contribution in [2.75, 3.05) is 45.9 Å². The Morgan fingerprint density at radius 2 is 1.88 bits per heavy atom. The van der Waals surface area contributed by atoms with E-state index in [4.69, 9.17) is 9.88 Å². The average Bonchev–Trinajstić information content (AvgIpc) is 3.16. The van der Waals surface area contributed by atoms with Gasteiger partial charge in [-0.2, -0.15) is 0 Å². The van der Waals surface area contributed by atoms with Crippen molar-refractivity contribution >= 4 is 31.6 Å². The van der Waals surface area contributed by atoms with Crippen LogP contribution in [0.1, 0.15) is 16.1 Å². The number of ether oxygens (including phenoxy) is 1. The van der Waals surface area contributed by atoms with Crippen molar-refractivity contribution in [2.45, 2.75) is 31.3 Å². The van der Waals surface area contributed by atoms with Gasteiger partial charge in [0.15, 0.2) is 0 Å². The quantitative estimate of drug-likeness (QED) is 0.460. The molecule has 34 heavy (non-hydrogen) atoms. The van der Waals surface area contributed by atoms with E-state index < -0.39 is 16.1 Å². The summed E-state index contributed by atoms with van der Waals surface area (Å²) >= 11 is 1.65. The van der Waals surface area contributed by atoms with Gasteiger partial charge in [0, 0.05) is 45.3 Å². The molecular formula is C24H32N4O4S2. The van der Waals surface area contributed by atoms with E-state index in [1.165, 1.54) is 0 Å². The van der Waals surface area contributed by atoms with Crippen molar-refractivity contribution in [1.82, 2.24) is 14.8 Å². The molecule has 0 bridgehead atoms. The van der Waals surface area contributed by atoms with Crippen LogP contribution in [-0.4, -0.2) is 80.3 Å². The summed E-state index contributed by atoms with van der Waals surface area (Å²) in [5, 5.41) is 16.9. The number of benzene rings is 2. The first-order chi connectivity index (χ1) is 16.2. The fourth-order valence-corrected chi connectivity index (χ4v) is 6.07. The maximum Gasteiger partial charge on any atom is 0.238 e. The highest BCUT2D eigenvalue weighted by Crippen LogP contribution is 2.25. The van der Waals surface area contributed by atoms with Crippen molar-refractivity contribution in [1.29, 1.82) is 0 Å². The monoisotopic (exact) mass is 504 g/mol. The smallest absolute Gasteiger partial charge is 0.238 e. The summed E-state index contributed by atoms with van der Waals surface area (Å²) < 4.78 is 30.8. The molecule has 10 heteroatoms. The number of nitrogens with two attached hydrogens (primary N) is 1. The Balaban J connectivity index is 1.22. The average molecular weight is 505 g/mol. The van der Waals surface area contributed by atoms with Crippen LogP contribution in [0.4, 0.5) is 0 Å². The summed E-state index contributed by atoms with van der Waals surface area (Å²) in [5.41, 5.74) is 2.66. The number of hydrogen-bond acceptors (Lipinski definition) is 8. The van der Waals surface area contributed by atoms with Crippen LogP contribution in [0.25, 0.3) is 10.2 Å². The molecule has 1 atom stereocenters. The maximum atomic E-state index is 11.9. The van der Waals surface area contributed by atoms with Gasteiger partial charge in [-0.1, -0.05) is 12.1 Å². The molecule has 3 N–H and O–H groups in total. The number of sulfonamides is 1. The number of rotatable bonds is 9. The summed E-state index contributed by atoms with van der Waals surface area (Å²) in [5.74, 6) is 0.719. The van der Waals surface area contributed by atoms with E-state index in [0.29, 0.717) is 13.0 Å². The molecule has 3 aromatic rings. The van der Waals surface area contributed by atoms with Crippen molar-refractivity contribution < 1.29 is 18.3 Å². The minimum Gasteiger partial charge on any atom is -0.491 e. The third-order valence-electron chi connectivity index (χ3n) is 6.19. The number of aryl methyl sites for hydroxylation is 2. The van der Waals surface area contributed by atoms with E-state index in [9.17, 15) is 13.5 Å². The van der Waals surface area contributed by atoms with Crippen LogP contribution in [0, 0.1) is 13.8 Å². The summed E-state index contributed by atoms with van der Waals surface area (Å²) in [6, 6.07) is 11.1. The summed E-state index contributed by atoms with van der Waals surface area (Å²) in [6.07, 6.45) is 0.0568. The molecule has 4 rings (SSSR count).